The molecule has 0 atom stereocenters. The Bertz CT molecular complexity index is 105. The third-order valence-electron chi connectivity index (χ3n) is 1.33. The summed E-state index contributed by atoms with van der Waals surface area (Å²) in [5.74, 6) is 0. The van der Waals surface area contributed by atoms with E-state index in [-0.39, 0.29) is 0 Å². The van der Waals surface area contributed by atoms with Crippen molar-refractivity contribution in [2.45, 2.75) is 12.8 Å². The molecule has 0 fully saturated rings. The third-order valence-corrected chi connectivity index (χ3v) is 2.85. The van der Waals surface area contributed by atoms with Crippen LogP contribution in [0.5, 0.6) is 0 Å². The van der Waals surface area contributed by atoms with Crippen molar-refractivity contribution in [3.8, 4) is 0 Å². The second-order valence-electron chi connectivity index (χ2n) is 2.20. The van der Waals surface area contributed by atoms with Crippen LogP contribution in [0, 0.1) is 0 Å². The normalized spacial score (nSPS) is 11.6. The van der Waals surface area contributed by atoms with E-state index in [1.54, 1.807) is 14.2 Å². The van der Waals surface area contributed by atoms with Crippen molar-refractivity contribution in [3.63, 3.8) is 0 Å². The minimum absolute atomic E-state index is 0.747. The van der Waals surface area contributed by atoms with Crippen LogP contribution in [0.1, 0.15) is 12.8 Å². The molecule has 0 rings (SSSR count). The minimum Gasteiger partial charge on any atom is -0.397 e. The highest BCUT2D eigenvalue weighted by atomic mass is 28.3. The number of hydrogen-bond donors (Lipinski definition) is 1. The fraction of sp³-hybridized carbons (Fsp3) is 0.714. The third kappa shape index (κ3) is 6.24. The molecule has 0 aliphatic rings. The van der Waals surface area contributed by atoms with Gasteiger partial charge in [0.05, 0.1) is 0 Å². The fourth-order valence-electron chi connectivity index (χ4n) is 0.696. The molecule has 3 nitrogen and oxygen atoms in total. The van der Waals surface area contributed by atoms with Crippen molar-refractivity contribution in [1.82, 2.24) is 0 Å². The van der Waals surface area contributed by atoms with Crippen molar-refractivity contribution in [2.24, 2.45) is 5.73 Å². The highest BCUT2D eigenvalue weighted by Gasteiger charge is 2.01. The van der Waals surface area contributed by atoms with Crippen molar-refractivity contribution in [2.75, 3.05) is 20.8 Å². The summed E-state index contributed by atoms with van der Waals surface area (Å²) in [5, 5.41) is 0. The Morgan fingerprint density at radius 3 is 2.45 bits per heavy atom. The molecule has 0 bridgehead atoms. The molecule has 0 aromatic carbocycles. The molecule has 0 unspecified atom stereocenters. The van der Waals surface area contributed by atoms with Crippen LogP contribution in [0.4, 0.5) is 0 Å². The quantitative estimate of drug-likeness (QED) is 0.467. The largest absolute Gasteiger partial charge is 0.397 e. The predicted octanol–water partition coefficient (Wildman–Crippen LogP) is 0.334. The molecule has 4 heteroatoms. The molecule has 0 radical (unpaired) electrons. The van der Waals surface area contributed by atoms with Crippen molar-refractivity contribution < 1.29 is 8.85 Å². The Balaban J connectivity index is 3.36. The van der Waals surface area contributed by atoms with Gasteiger partial charge in [0.25, 0.3) is 0 Å². The lowest BCUT2D eigenvalue weighted by atomic mass is 10.3. The van der Waals surface area contributed by atoms with Crippen LogP contribution >= 0.6 is 0 Å². The average Bonchev–Trinajstić information content (AvgIpc) is 2.05. The van der Waals surface area contributed by atoms with Crippen molar-refractivity contribution in [3.05, 3.63) is 11.8 Å². The maximum atomic E-state index is 5.33. The first kappa shape index (κ1) is 10.8. The molecule has 0 aliphatic heterocycles. The molecular formula is C7H17NO2Si. The summed E-state index contributed by atoms with van der Waals surface area (Å²) in [6.07, 6.45) is 4.13. The summed E-state index contributed by atoms with van der Waals surface area (Å²) in [7, 11) is 1.89. The monoisotopic (exact) mass is 175 g/mol. The zero-order valence-corrected chi connectivity index (χ0v) is 8.40. The lowest BCUT2D eigenvalue weighted by molar-refractivity contribution is 0.290. The molecule has 0 aromatic heterocycles. The smallest absolute Gasteiger partial charge is 0.347 e. The number of rotatable bonds is 6. The van der Waals surface area contributed by atoms with Gasteiger partial charge in [-0.15, -0.1) is 0 Å². The van der Waals surface area contributed by atoms with E-state index in [0.717, 1.165) is 19.4 Å². The Hall–Kier alpha value is -0.163. The van der Waals surface area contributed by atoms with Crippen LogP contribution in [0.25, 0.3) is 0 Å². The molecule has 0 heterocycles. The van der Waals surface area contributed by atoms with E-state index >= 15 is 0 Å². The zero-order chi connectivity index (χ0) is 8.53. The Morgan fingerprint density at radius 2 is 2.00 bits per heavy atom. The first-order chi connectivity index (χ1) is 5.35. The minimum atomic E-state index is -1.46. The predicted molar refractivity (Wildman–Crippen MR) is 48.6 cm³/mol. The summed E-state index contributed by atoms with van der Waals surface area (Å²) in [4.78, 5) is 0. The molecule has 0 spiro atoms. The lowest BCUT2D eigenvalue weighted by Crippen LogP contribution is -2.15. The van der Waals surface area contributed by atoms with Crippen molar-refractivity contribution in [1.29, 1.82) is 0 Å². The van der Waals surface area contributed by atoms with E-state index in [9.17, 15) is 0 Å². The van der Waals surface area contributed by atoms with E-state index < -0.39 is 9.28 Å². The van der Waals surface area contributed by atoms with Gasteiger partial charge in [-0.1, -0.05) is 6.08 Å². The topological polar surface area (TPSA) is 44.5 Å². The van der Waals surface area contributed by atoms with Gasteiger partial charge in [0.2, 0.25) is 0 Å². The SMILES string of the molecule is CO[SiH](C=CCCCN)OC. The Labute approximate surface area is 70.0 Å². The second kappa shape index (κ2) is 7.94. The van der Waals surface area contributed by atoms with Crippen molar-refractivity contribution >= 4 is 9.28 Å². The maximum Gasteiger partial charge on any atom is 0.347 e. The lowest BCUT2D eigenvalue weighted by Gasteiger charge is -2.03. The van der Waals surface area contributed by atoms with Gasteiger partial charge in [0, 0.05) is 14.2 Å². The van der Waals surface area contributed by atoms with Gasteiger partial charge in [-0.25, -0.2) is 0 Å². The van der Waals surface area contributed by atoms with Gasteiger partial charge < -0.3 is 14.6 Å². The second-order valence-corrected chi connectivity index (χ2v) is 4.26. The van der Waals surface area contributed by atoms with Crippen LogP contribution in [-0.2, 0) is 8.85 Å². The van der Waals surface area contributed by atoms with Gasteiger partial charge in [-0.05, 0) is 25.1 Å². The van der Waals surface area contributed by atoms with Gasteiger partial charge in [-0.2, -0.15) is 0 Å². The van der Waals surface area contributed by atoms with Crippen LogP contribution in [0.3, 0.4) is 0 Å². The van der Waals surface area contributed by atoms with Gasteiger partial charge in [0.15, 0.2) is 0 Å². The number of hydrogen-bond acceptors (Lipinski definition) is 3. The zero-order valence-electron chi connectivity index (χ0n) is 7.25. The first-order valence-corrected chi connectivity index (χ1v) is 5.38. The first-order valence-electron chi connectivity index (χ1n) is 3.77. The molecule has 11 heavy (non-hydrogen) atoms. The summed E-state index contributed by atoms with van der Waals surface area (Å²) >= 11 is 0. The molecule has 0 saturated carbocycles. The van der Waals surface area contributed by atoms with Crippen LogP contribution in [0.2, 0.25) is 0 Å². The number of allylic oxidation sites excluding steroid dienone is 1. The van der Waals surface area contributed by atoms with E-state index in [1.807, 2.05) is 5.70 Å². The number of nitrogens with two attached hydrogens (primary N) is 1. The van der Waals surface area contributed by atoms with Crippen LogP contribution in [0.15, 0.2) is 11.8 Å². The van der Waals surface area contributed by atoms with E-state index in [2.05, 4.69) is 6.08 Å². The molecule has 0 amide bonds. The van der Waals surface area contributed by atoms with Gasteiger partial charge in [0.1, 0.15) is 0 Å². The Morgan fingerprint density at radius 1 is 1.36 bits per heavy atom. The summed E-state index contributed by atoms with van der Waals surface area (Å²) in [5.41, 5.74) is 7.35. The number of unbranched alkanes of at least 4 members (excludes halogenated alkanes) is 1. The average molecular weight is 175 g/mol. The summed E-state index contributed by atoms with van der Waals surface area (Å²) in [6.45, 7) is 0.747. The van der Waals surface area contributed by atoms with Crippen LogP contribution < -0.4 is 5.73 Å². The molecule has 0 aromatic rings. The molecule has 66 valence electrons. The highest BCUT2D eigenvalue weighted by Crippen LogP contribution is 1.92. The maximum absolute atomic E-state index is 5.33. The molecular weight excluding hydrogens is 158 g/mol. The Kier molecular flexibility index (Phi) is 7.82. The molecule has 2 N–H and O–H groups in total. The summed E-state index contributed by atoms with van der Waals surface area (Å²) in [6, 6.07) is 0. The van der Waals surface area contributed by atoms with E-state index in [0.29, 0.717) is 0 Å². The van der Waals surface area contributed by atoms with Gasteiger partial charge in [-0.3, -0.25) is 0 Å². The molecule has 0 aliphatic carbocycles. The standard InChI is InChI=1S/C7H17NO2Si/c1-9-11(10-2)7-5-3-4-6-8/h5,7,11H,3-4,6,8H2,1-2H3. The fourth-order valence-corrected chi connectivity index (χ4v) is 1.62. The van der Waals surface area contributed by atoms with E-state index in [1.165, 1.54) is 0 Å². The van der Waals surface area contributed by atoms with Crippen LogP contribution in [-0.4, -0.2) is 30.0 Å². The highest BCUT2D eigenvalue weighted by molar-refractivity contribution is 6.50. The molecule has 0 saturated heterocycles. The summed E-state index contributed by atoms with van der Waals surface area (Å²) < 4.78 is 10.2. The van der Waals surface area contributed by atoms with E-state index in [4.69, 9.17) is 14.6 Å². The van der Waals surface area contributed by atoms with Gasteiger partial charge >= 0.3 is 9.28 Å².